The zero-order valence-electron chi connectivity index (χ0n) is 21.0. The van der Waals surface area contributed by atoms with E-state index in [-0.39, 0.29) is 34.2 Å². The summed E-state index contributed by atoms with van der Waals surface area (Å²) >= 11 is 0.889. The Balaban J connectivity index is 1.50. The van der Waals surface area contributed by atoms with E-state index < -0.39 is 30.4 Å². The van der Waals surface area contributed by atoms with Gasteiger partial charge in [0.1, 0.15) is 15.7 Å². The molecule has 0 spiro atoms. The van der Waals surface area contributed by atoms with Crippen molar-refractivity contribution in [1.29, 1.82) is 0 Å². The maximum absolute atomic E-state index is 12.9. The number of aromatic amines is 1. The van der Waals surface area contributed by atoms with Crippen molar-refractivity contribution in [3.05, 3.63) is 70.1 Å². The Kier molecular flexibility index (Phi) is 8.17. The van der Waals surface area contributed by atoms with Crippen LogP contribution in [-0.4, -0.2) is 53.6 Å². The maximum atomic E-state index is 12.9. The summed E-state index contributed by atoms with van der Waals surface area (Å²) in [5.74, 6) is -2.24. The van der Waals surface area contributed by atoms with Crippen LogP contribution < -0.4 is 5.32 Å². The third-order valence-electron chi connectivity index (χ3n) is 5.47. The zero-order valence-corrected chi connectivity index (χ0v) is 21.8. The Labute approximate surface area is 221 Å². The lowest BCUT2D eigenvalue weighted by Gasteiger charge is -2.09. The molecule has 0 aliphatic carbocycles. The topological polar surface area (TPSA) is 137 Å². The van der Waals surface area contributed by atoms with Crippen LogP contribution in [0.4, 0.5) is 5.00 Å². The normalized spacial score (nSPS) is 10.7. The number of aromatic nitrogens is 2. The molecule has 0 aliphatic heterocycles. The molecular formula is C27H25N3O7S. The zero-order chi connectivity index (χ0) is 27.2. The molecule has 0 unspecified atom stereocenters. The van der Waals surface area contributed by atoms with Gasteiger partial charge in [-0.2, -0.15) is 0 Å². The SMILES string of the molecule is CCOC(=O)c1sc(NC(=O)COC(=O)c2ccccc2-c2nc3ccccc3[nH]2)c(C(=O)OCC)c1C. The van der Waals surface area contributed by atoms with E-state index in [2.05, 4.69) is 15.3 Å². The highest BCUT2D eigenvalue weighted by molar-refractivity contribution is 7.18. The van der Waals surface area contributed by atoms with Gasteiger partial charge in [-0.25, -0.2) is 19.4 Å². The van der Waals surface area contributed by atoms with Crippen LogP contribution >= 0.6 is 11.3 Å². The van der Waals surface area contributed by atoms with Gasteiger partial charge in [0.25, 0.3) is 5.91 Å². The quantitative estimate of drug-likeness (QED) is 0.231. The summed E-state index contributed by atoms with van der Waals surface area (Å²) in [6.45, 7) is 4.51. The summed E-state index contributed by atoms with van der Waals surface area (Å²) in [5, 5.41) is 2.66. The Morgan fingerprint density at radius 3 is 2.32 bits per heavy atom. The van der Waals surface area contributed by atoms with E-state index in [0.29, 0.717) is 17.0 Å². The summed E-state index contributed by atoms with van der Waals surface area (Å²) in [5.41, 5.74) is 2.69. The number of amides is 1. The van der Waals surface area contributed by atoms with Crippen molar-refractivity contribution >= 4 is 51.2 Å². The number of fused-ring (bicyclic) bond motifs is 1. The van der Waals surface area contributed by atoms with Crippen molar-refractivity contribution in [2.75, 3.05) is 25.1 Å². The van der Waals surface area contributed by atoms with Gasteiger partial charge in [0.05, 0.1) is 35.4 Å². The van der Waals surface area contributed by atoms with Crippen LogP contribution in [0.2, 0.25) is 0 Å². The average Bonchev–Trinajstić information content (AvgIpc) is 3.48. The number of hydrogen-bond donors (Lipinski definition) is 2. The lowest BCUT2D eigenvalue weighted by Crippen LogP contribution is -2.22. The van der Waals surface area contributed by atoms with Crippen molar-refractivity contribution in [3.63, 3.8) is 0 Å². The molecule has 2 aromatic heterocycles. The van der Waals surface area contributed by atoms with Crippen molar-refractivity contribution in [3.8, 4) is 11.4 Å². The Morgan fingerprint density at radius 2 is 1.58 bits per heavy atom. The number of thiophene rings is 1. The summed E-state index contributed by atoms with van der Waals surface area (Å²) in [7, 11) is 0. The number of nitrogens with one attached hydrogen (secondary N) is 2. The largest absolute Gasteiger partial charge is 0.462 e. The maximum Gasteiger partial charge on any atom is 0.348 e. The predicted octanol–water partition coefficient (Wildman–Crippen LogP) is 4.75. The number of esters is 3. The van der Waals surface area contributed by atoms with E-state index in [1.54, 1.807) is 45.0 Å². The molecule has 0 saturated heterocycles. The molecule has 196 valence electrons. The van der Waals surface area contributed by atoms with Crippen molar-refractivity contribution in [1.82, 2.24) is 9.97 Å². The smallest absolute Gasteiger partial charge is 0.348 e. The number of hydrogen-bond acceptors (Lipinski definition) is 9. The molecule has 0 radical (unpaired) electrons. The van der Waals surface area contributed by atoms with Crippen LogP contribution in [0.5, 0.6) is 0 Å². The third-order valence-corrected chi connectivity index (χ3v) is 6.65. The molecule has 38 heavy (non-hydrogen) atoms. The second kappa shape index (κ2) is 11.7. The molecule has 1 amide bonds. The molecule has 0 aliphatic rings. The van der Waals surface area contributed by atoms with Gasteiger partial charge in [-0.15, -0.1) is 11.3 Å². The van der Waals surface area contributed by atoms with Crippen LogP contribution in [0.25, 0.3) is 22.4 Å². The summed E-state index contributed by atoms with van der Waals surface area (Å²) in [6.07, 6.45) is 0. The minimum Gasteiger partial charge on any atom is -0.462 e. The lowest BCUT2D eigenvalue weighted by atomic mass is 10.1. The average molecular weight is 536 g/mol. The van der Waals surface area contributed by atoms with Crippen molar-refractivity contribution in [2.24, 2.45) is 0 Å². The molecule has 0 bridgehead atoms. The predicted molar refractivity (Wildman–Crippen MR) is 141 cm³/mol. The number of benzene rings is 2. The van der Waals surface area contributed by atoms with E-state index in [9.17, 15) is 19.2 Å². The number of carbonyl (C=O) groups is 4. The van der Waals surface area contributed by atoms with Gasteiger partial charge in [0, 0.05) is 5.56 Å². The second-order valence-corrected chi connectivity index (χ2v) is 8.99. The van der Waals surface area contributed by atoms with Gasteiger partial charge in [0.2, 0.25) is 0 Å². The number of ether oxygens (including phenoxy) is 3. The Morgan fingerprint density at radius 1 is 0.895 bits per heavy atom. The first kappa shape index (κ1) is 26.6. The fourth-order valence-electron chi connectivity index (χ4n) is 3.76. The standard InChI is InChI=1S/C27H25N3O7S/c1-4-35-26(33)21-15(3)22(27(34)36-5-2)38-24(21)30-20(31)14-37-25(32)17-11-7-6-10-16(17)23-28-18-12-8-9-13-19(18)29-23/h6-13H,4-5,14H2,1-3H3,(H,28,29)(H,30,31). The van der Waals surface area contributed by atoms with Crippen molar-refractivity contribution < 1.29 is 33.4 Å². The summed E-state index contributed by atoms with van der Waals surface area (Å²) in [4.78, 5) is 58.4. The van der Waals surface area contributed by atoms with Crippen LogP contribution in [0.3, 0.4) is 0 Å². The summed E-state index contributed by atoms with van der Waals surface area (Å²) in [6, 6.07) is 14.2. The number of imidazole rings is 1. The second-order valence-electron chi connectivity index (χ2n) is 7.97. The molecule has 0 fully saturated rings. The van der Waals surface area contributed by atoms with Crippen LogP contribution in [0.15, 0.2) is 48.5 Å². The highest BCUT2D eigenvalue weighted by atomic mass is 32.1. The molecule has 2 aromatic carbocycles. The molecule has 4 rings (SSSR count). The molecule has 2 N–H and O–H groups in total. The van der Waals surface area contributed by atoms with E-state index in [0.717, 1.165) is 22.4 Å². The number of carbonyl (C=O) groups excluding carboxylic acids is 4. The number of anilines is 1. The van der Waals surface area contributed by atoms with E-state index in [4.69, 9.17) is 14.2 Å². The molecule has 0 atom stereocenters. The molecule has 10 nitrogen and oxygen atoms in total. The van der Waals surface area contributed by atoms with Gasteiger partial charge < -0.3 is 24.5 Å². The van der Waals surface area contributed by atoms with Crippen LogP contribution in [0.1, 0.15) is 49.8 Å². The van der Waals surface area contributed by atoms with E-state index in [1.807, 2.05) is 24.3 Å². The Bertz CT molecular complexity index is 1490. The Hall–Kier alpha value is -4.51. The fourth-order valence-corrected chi connectivity index (χ4v) is 4.87. The molecule has 2 heterocycles. The molecular weight excluding hydrogens is 510 g/mol. The number of nitrogens with zero attached hydrogens (tertiary/aromatic N) is 1. The fraction of sp³-hybridized carbons (Fsp3) is 0.222. The first-order valence-electron chi connectivity index (χ1n) is 11.8. The highest BCUT2D eigenvalue weighted by Gasteiger charge is 2.27. The number of H-pyrrole nitrogens is 1. The van der Waals surface area contributed by atoms with Gasteiger partial charge in [-0.05, 0) is 44.5 Å². The van der Waals surface area contributed by atoms with Crippen LogP contribution in [-0.2, 0) is 19.0 Å². The van der Waals surface area contributed by atoms with E-state index >= 15 is 0 Å². The number of para-hydroxylation sites is 2. The lowest BCUT2D eigenvalue weighted by molar-refractivity contribution is -0.119. The first-order chi connectivity index (χ1) is 18.3. The minimum atomic E-state index is -0.726. The molecule has 11 heteroatoms. The molecule has 0 saturated carbocycles. The van der Waals surface area contributed by atoms with Crippen LogP contribution in [0, 0.1) is 6.92 Å². The summed E-state index contributed by atoms with van der Waals surface area (Å²) < 4.78 is 15.4. The van der Waals surface area contributed by atoms with E-state index in [1.165, 1.54) is 0 Å². The van der Waals surface area contributed by atoms with Gasteiger partial charge in [-0.1, -0.05) is 30.3 Å². The number of rotatable bonds is 9. The van der Waals surface area contributed by atoms with Gasteiger partial charge in [0.15, 0.2) is 6.61 Å². The van der Waals surface area contributed by atoms with Gasteiger partial charge >= 0.3 is 17.9 Å². The third kappa shape index (κ3) is 5.57. The first-order valence-corrected chi connectivity index (χ1v) is 12.6. The van der Waals surface area contributed by atoms with Crippen molar-refractivity contribution in [2.45, 2.75) is 20.8 Å². The minimum absolute atomic E-state index is 0.0508. The van der Waals surface area contributed by atoms with Gasteiger partial charge in [-0.3, -0.25) is 4.79 Å². The monoisotopic (exact) mass is 535 g/mol. The highest BCUT2D eigenvalue weighted by Crippen LogP contribution is 2.34. The molecule has 4 aromatic rings.